The summed E-state index contributed by atoms with van der Waals surface area (Å²) in [5.41, 5.74) is 7.32. The van der Waals surface area contributed by atoms with Crippen LogP contribution in [0.25, 0.3) is 22.4 Å². The van der Waals surface area contributed by atoms with E-state index in [2.05, 4.69) is 31.4 Å². The molecule has 0 bridgehead atoms. The number of pyridine rings is 2. The highest BCUT2D eigenvalue weighted by Gasteiger charge is 2.37. The maximum Gasteiger partial charge on any atom is 0.419 e. The van der Waals surface area contributed by atoms with Gasteiger partial charge in [0.25, 0.3) is 0 Å². The number of methoxy groups -OCH3 is 2. The second kappa shape index (κ2) is 16.4. The number of carbonyl (C=O) groups is 2. The van der Waals surface area contributed by atoms with E-state index < -0.39 is 23.8 Å². The van der Waals surface area contributed by atoms with E-state index in [4.69, 9.17) is 25.9 Å². The van der Waals surface area contributed by atoms with Crippen LogP contribution in [0.2, 0.25) is 5.02 Å². The van der Waals surface area contributed by atoms with Crippen LogP contribution < -0.4 is 30.9 Å². The van der Waals surface area contributed by atoms with Crippen LogP contribution in [0.5, 0.6) is 11.6 Å². The lowest BCUT2D eigenvalue weighted by molar-refractivity contribution is -0.153. The molecule has 2 aromatic carbocycles. The van der Waals surface area contributed by atoms with Crippen molar-refractivity contribution in [2.75, 3.05) is 26.1 Å². The summed E-state index contributed by atoms with van der Waals surface area (Å²) in [5.74, 6) is -0.241. The van der Waals surface area contributed by atoms with Crippen LogP contribution in [-0.2, 0) is 40.1 Å². The van der Waals surface area contributed by atoms with Gasteiger partial charge in [-0.3, -0.25) is 14.6 Å². The molecule has 7 rings (SSSR count). The van der Waals surface area contributed by atoms with Gasteiger partial charge in [0.15, 0.2) is 0 Å². The van der Waals surface area contributed by atoms with Crippen molar-refractivity contribution >= 4 is 29.3 Å². The predicted octanol–water partition coefficient (Wildman–Crippen LogP) is 7.32. The number of anilines is 1. The second-order valence-electron chi connectivity index (χ2n) is 14.0. The van der Waals surface area contributed by atoms with Crippen molar-refractivity contribution in [3.63, 3.8) is 0 Å². The van der Waals surface area contributed by atoms with Crippen molar-refractivity contribution in [1.29, 1.82) is 0 Å². The fraction of sp³-hybridized carbons (Fsp3) is 0.400. The Morgan fingerprint density at radius 1 is 0.982 bits per heavy atom. The molecule has 0 spiro atoms. The van der Waals surface area contributed by atoms with Gasteiger partial charge in [-0.2, -0.15) is 18.2 Å². The standard InChI is InChI=1S/C40H42ClF3N6O5/c1-53-33-18-23(11-12-24(33)19-45-21-26-13-14-34(51)48-26)36-35(41)30(15-16-46-36)28-5-3-7-29-27(28)6-4-8-32(29)49-37-31(40(42,43)44)17-25(38(50-37)54-2)20-47-55-39(52)22-9-10-22/h3,5,7,11-12,15-18,22,26,32,45,47H,4,6,8-10,13-14,19-21H2,1-2H3,(H,48,51)(H,49,50)/t26-,32-/m0/s1. The lowest BCUT2D eigenvalue weighted by Gasteiger charge is -2.30. The number of halogens is 4. The zero-order chi connectivity index (χ0) is 38.7. The van der Waals surface area contributed by atoms with Crippen LogP contribution in [0.4, 0.5) is 19.0 Å². The molecule has 0 unspecified atom stereocenters. The highest BCUT2D eigenvalue weighted by Crippen LogP contribution is 2.44. The summed E-state index contributed by atoms with van der Waals surface area (Å²) in [6.45, 7) is 0.995. The van der Waals surface area contributed by atoms with E-state index in [1.165, 1.54) is 7.11 Å². The van der Waals surface area contributed by atoms with E-state index in [-0.39, 0.29) is 41.7 Å². The van der Waals surface area contributed by atoms with Gasteiger partial charge in [-0.05, 0) is 73.4 Å². The lowest BCUT2D eigenvalue weighted by atomic mass is 9.83. The average molecular weight is 779 g/mol. The molecule has 2 aromatic heterocycles. The lowest BCUT2D eigenvalue weighted by Crippen LogP contribution is -2.35. The van der Waals surface area contributed by atoms with Gasteiger partial charge in [0.2, 0.25) is 11.8 Å². The molecular formula is C40H42ClF3N6O5. The van der Waals surface area contributed by atoms with Crippen LogP contribution in [0.1, 0.15) is 72.4 Å². The molecule has 15 heteroatoms. The van der Waals surface area contributed by atoms with Crippen LogP contribution in [0.3, 0.4) is 0 Å². The predicted molar refractivity (Wildman–Crippen MR) is 200 cm³/mol. The van der Waals surface area contributed by atoms with Crippen molar-refractivity contribution in [3.05, 3.63) is 87.6 Å². The summed E-state index contributed by atoms with van der Waals surface area (Å²) in [6, 6.07) is 14.0. The molecular weight excluding hydrogens is 737 g/mol. The normalized spacial score (nSPS) is 18.0. The molecule has 2 atom stereocenters. The van der Waals surface area contributed by atoms with Gasteiger partial charge in [-0.1, -0.05) is 41.9 Å². The molecule has 3 aliphatic rings. The number of hydrogen-bond donors (Lipinski definition) is 4. The quantitative estimate of drug-likeness (QED) is 0.0966. The van der Waals surface area contributed by atoms with Crippen molar-refractivity contribution in [1.82, 2.24) is 26.1 Å². The topological polar surface area (TPSA) is 136 Å². The summed E-state index contributed by atoms with van der Waals surface area (Å²) in [6.07, 6.45) is 1.78. The Morgan fingerprint density at radius 2 is 1.82 bits per heavy atom. The maximum absolute atomic E-state index is 14.5. The number of benzene rings is 2. The number of nitrogens with one attached hydrogen (secondary N) is 4. The largest absolute Gasteiger partial charge is 0.496 e. The molecule has 1 saturated heterocycles. The number of amides is 1. The molecule has 2 fully saturated rings. The number of rotatable bonds is 14. The third-order valence-electron chi connectivity index (χ3n) is 10.3. The number of hydroxylamine groups is 1. The van der Waals surface area contributed by atoms with Crippen molar-refractivity contribution in [2.24, 2.45) is 5.92 Å². The number of carbonyl (C=O) groups excluding carboxylic acids is 2. The smallest absolute Gasteiger partial charge is 0.419 e. The van der Waals surface area contributed by atoms with Crippen molar-refractivity contribution in [2.45, 2.75) is 76.3 Å². The fourth-order valence-electron chi connectivity index (χ4n) is 7.27. The summed E-state index contributed by atoms with van der Waals surface area (Å²) >= 11 is 7.13. The first-order chi connectivity index (χ1) is 26.5. The fourth-order valence-corrected chi connectivity index (χ4v) is 7.60. The van der Waals surface area contributed by atoms with Crippen LogP contribution in [-0.4, -0.2) is 48.7 Å². The molecule has 1 aliphatic heterocycles. The van der Waals surface area contributed by atoms with Gasteiger partial charge in [0, 0.05) is 54.0 Å². The number of ether oxygens (including phenoxy) is 2. The first-order valence-electron chi connectivity index (χ1n) is 18.3. The average Bonchev–Trinajstić information content (AvgIpc) is 3.95. The molecule has 11 nitrogen and oxygen atoms in total. The minimum absolute atomic E-state index is 0.0219. The molecule has 1 saturated carbocycles. The van der Waals surface area contributed by atoms with Crippen LogP contribution >= 0.6 is 11.6 Å². The van der Waals surface area contributed by atoms with Crippen molar-refractivity contribution < 1.29 is 37.1 Å². The Bertz CT molecular complexity index is 2080. The number of alkyl halides is 3. The molecule has 4 aromatic rings. The van der Waals surface area contributed by atoms with Crippen LogP contribution in [0.15, 0.2) is 54.7 Å². The number of nitrogens with zero attached hydrogens (tertiary/aromatic N) is 2. The number of aromatic nitrogens is 2. The highest BCUT2D eigenvalue weighted by molar-refractivity contribution is 6.35. The van der Waals surface area contributed by atoms with E-state index in [9.17, 15) is 22.8 Å². The number of fused-ring (bicyclic) bond motifs is 1. The Hall–Kier alpha value is -4.92. The van der Waals surface area contributed by atoms with E-state index >= 15 is 0 Å². The SMILES string of the molecule is COc1cc(-c2nccc(-c3cccc4c3CCC[C@@H]4Nc3nc(OC)c(CNOC(=O)C4CC4)cc3C(F)(F)F)c2Cl)ccc1CNC[C@@H]1CCC(=O)N1. The summed E-state index contributed by atoms with van der Waals surface area (Å²) in [5, 5.41) is 9.89. The maximum atomic E-state index is 14.5. The van der Waals surface area contributed by atoms with Crippen LogP contribution in [0, 0.1) is 5.92 Å². The minimum atomic E-state index is -4.73. The van der Waals surface area contributed by atoms with Gasteiger partial charge in [-0.25, -0.2) is 0 Å². The highest BCUT2D eigenvalue weighted by atomic mass is 35.5. The van der Waals surface area contributed by atoms with Crippen molar-refractivity contribution in [3.8, 4) is 34.0 Å². The Morgan fingerprint density at radius 3 is 2.55 bits per heavy atom. The van der Waals surface area contributed by atoms with E-state index in [0.29, 0.717) is 55.2 Å². The molecule has 3 heterocycles. The summed E-state index contributed by atoms with van der Waals surface area (Å²) < 4.78 is 54.6. The first-order valence-corrected chi connectivity index (χ1v) is 18.7. The van der Waals surface area contributed by atoms with E-state index in [0.717, 1.165) is 58.7 Å². The van der Waals surface area contributed by atoms with Gasteiger partial charge >= 0.3 is 12.1 Å². The van der Waals surface area contributed by atoms with Gasteiger partial charge in [-0.15, -0.1) is 5.48 Å². The second-order valence-corrected chi connectivity index (χ2v) is 14.4. The van der Waals surface area contributed by atoms with Gasteiger partial charge in [0.1, 0.15) is 11.6 Å². The minimum Gasteiger partial charge on any atom is -0.496 e. The zero-order valence-corrected chi connectivity index (χ0v) is 31.2. The van der Waals surface area contributed by atoms with E-state index in [1.807, 2.05) is 42.5 Å². The van der Waals surface area contributed by atoms with Gasteiger partial charge in [0.05, 0.1) is 49.0 Å². The monoisotopic (exact) mass is 778 g/mol. The molecule has 1 amide bonds. The Kier molecular flexibility index (Phi) is 11.5. The first kappa shape index (κ1) is 38.4. The molecule has 290 valence electrons. The number of hydrogen-bond acceptors (Lipinski definition) is 10. The summed E-state index contributed by atoms with van der Waals surface area (Å²) in [7, 11) is 2.94. The zero-order valence-electron chi connectivity index (χ0n) is 30.4. The third kappa shape index (κ3) is 8.66. The Balaban J connectivity index is 1.13. The third-order valence-corrected chi connectivity index (χ3v) is 10.6. The molecule has 55 heavy (non-hydrogen) atoms. The molecule has 2 aliphatic carbocycles. The van der Waals surface area contributed by atoms with Gasteiger partial charge < -0.3 is 30.3 Å². The summed E-state index contributed by atoms with van der Waals surface area (Å²) in [4.78, 5) is 37.4. The molecule has 4 N–H and O–H groups in total. The molecule has 0 radical (unpaired) electrons. The Labute approximate surface area is 321 Å². The van der Waals surface area contributed by atoms with E-state index in [1.54, 1.807) is 13.3 Å².